The summed E-state index contributed by atoms with van der Waals surface area (Å²) in [6.07, 6.45) is 3.08. The van der Waals surface area contributed by atoms with Crippen LogP contribution in [0.2, 0.25) is 0 Å². The highest BCUT2D eigenvalue weighted by Crippen LogP contribution is 2.17. The van der Waals surface area contributed by atoms with Crippen molar-refractivity contribution in [2.75, 3.05) is 5.32 Å². The van der Waals surface area contributed by atoms with Gasteiger partial charge in [-0.15, -0.1) is 0 Å². The van der Waals surface area contributed by atoms with E-state index < -0.39 is 0 Å². The Morgan fingerprint density at radius 2 is 2.05 bits per heavy atom. The van der Waals surface area contributed by atoms with Gasteiger partial charge in [-0.3, -0.25) is 4.79 Å². The van der Waals surface area contributed by atoms with Gasteiger partial charge in [0.25, 0.3) is 0 Å². The Bertz CT molecular complexity index is 629. The number of hydrogen-bond donors (Lipinski definition) is 1. The molecule has 2 aromatic rings. The Morgan fingerprint density at radius 1 is 1.26 bits per heavy atom. The maximum atomic E-state index is 11.8. The molecule has 1 amide bonds. The molecule has 0 spiro atoms. The van der Waals surface area contributed by atoms with E-state index in [1.165, 1.54) is 11.6 Å². The number of halogens is 1. The Morgan fingerprint density at radius 3 is 2.68 bits per heavy atom. The number of amides is 1. The van der Waals surface area contributed by atoms with E-state index in [0.717, 1.165) is 11.3 Å². The second-order valence-corrected chi connectivity index (χ2v) is 5.06. The molecule has 0 saturated heterocycles. The molecule has 1 aromatic heterocycles. The number of anilines is 1. The number of nitrogens with one attached hydrogen (secondary N) is 1. The molecule has 1 N–H and O–H groups in total. The number of aryl methyl sites for hydroxylation is 2. The summed E-state index contributed by atoms with van der Waals surface area (Å²) in [4.78, 5) is 11.8. The third-order valence-corrected chi connectivity index (χ3v) is 3.06. The van der Waals surface area contributed by atoms with Crippen molar-refractivity contribution < 1.29 is 9.21 Å². The minimum atomic E-state index is -0.181. The average molecular weight is 320 g/mol. The number of rotatable bonds is 3. The molecule has 0 bridgehead atoms. The average Bonchev–Trinajstić information content (AvgIpc) is 2.76. The number of hydrogen-bond acceptors (Lipinski definition) is 2. The van der Waals surface area contributed by atoms with E-state index in [0.29, 0.717) is 10.4 Å². The number of carbonyl (C=O) groups is 1. The van der Waals surface area contributed by atoms with Crippen molar-refractivity contribution in [1.29, 1.82) is 0 Å². The van der Waals surface area contributed by atoms with E-state index in [2.05, 4.69) is 21.2 Å². The molecule has 0 aliphatic heterocycles. The van der Waals surface area contributed by atoms with Crippen LogP contribution in [-0.4, -0.2) is 5.91 Å². The lowest BCUT2D eigenvalue weighted by Gasteiger charge is -2.06. The van der Waals surface area contributed by atoms with Crippen LogP contribution in [0.5, 0.6) is 0 Å². The summed E-state index contributed by atoms with van der Waals surface area (Å²) in [6.45, 7) is 3.99. The normalized spacial score (nSPS) is 10.9. The highest BCUT2D eigenvalue weighted by molar-refractivity contribution is 9.10. The molecule has 19 heavy (non-hydrogen) atoms. The minimum absolute atomic E-state index is 0.181. The van der Waals surface area contributed by atoms with Gasteiger partial charge in [-0.25, -0.2) is 0 Å². The molecule has 3 nitrogen and oxygen atoms in total. The van der Waals surface area contributed by atoms with Crippen molar-refractivity contribution in [3.63, 3.8) is 0 Å². The van der Waals surface area contributed by atoms with Gasteiger partial charge in [0.15, 0.2) is 4.67 Å². The lowest BCUT2D eigenvalue weighted by Crippen LogP contribution is -2.08. The van der Waals surface area contributed by atoms with Crippen molar-refractivity contribution in [3.8, 4) is 0 Å². The first-order valence-corrected chi connectivity index (χ1v) is 6.65. The molecule has 0 aliphatic rings. The molecule has 0 atom stereocenters. The van der Waals surface area contributed by atoms with Gasteiger partial charge in [0.05, 0.1) is 0 Å². The Balaban J connectivity index is 2.03. The molecule has 1 heterocycles. The van der Waals surface area contributed by atoms with Crippen LogP contribution in [0.25, 0.3) is 6.08 Å². The van der Waals surface area contributed by atoms with E-state index in [9.17, 15) is 4.79 Å². The van der Waals surface area contributed by atoms with Gasteiger partial charge in [0, 0.05) is 11.8 Å². The molecular formula is C15H14BrNO2. The molecular weight excluding hydrogens is 306 g/mol. The fourth-order valence-corrected chi connectivity index (χ4v) is 2.02. The monoisotopic (exact) mass is 319 g/mol. The van der Waals surface area contributed by atoms with Crippen molar-refractivity contribution in [1.82, 2.24) is 0 Å². The number of benzene rings is 1. The maximum Gasteiger partial charge on any atom is 0.248 e. The largest absolute Gasteiger partial charge is 0.450 e. The molecule has 98 valence electrons. The zero-order valence-corrected chi connectivity index (χ0v) is 12.3. The lowest BCUT2D eigenvalue weighted by molar-refractivity contribution is -0.111. The third kappa shape index (κ3) is 3.83. The van der Waals surface area contributed by atoms with Crippen LogP contribution < -0.4 is 5.32 Å². The molecule has 2 rings (SSSR count). The fraction of sp³-hybridized carbons (Fsp3) is 0.133. The fourth-order valence-electron chi connectivity index (χ4n) is 1.70. The van der Waals surface area contributed by atoms with E-state index in [4.69, 9.17) is 4.42 Å². The Labute approximate surface area is 120 Å². The zero-order chi connectivity index (χ0) is 13.8. The van der Waals surface area contributed by atoms with Crippen LogP contribution >= 0.6 is 15.9 Å². The summed E-state index contributed by atoms with van der Waals surface area (Å²) >= 11 is 3.21. The van der Waals surface area contributed by atoms with E-state index in [1.807, 2.05) is 32.0 Å². The smallest absolute Gasteiger partial charge is 0.248 e. The minimum Gasteiger partial charge on any atom is -0.450 e. The van der Waals surface area contributed by atoms with Gasteiger partial charge in [0.2, 0.25) is 5.91 Å². The van der Waals surface area contributed by atoms with Crippen LogP contribution in [0.4, 0.5) is 5.69 Å². The van der Waals surface area contributed by atoms with E-state index >= 15 is 0 Å². The molecule has 0 saturated carbocycles. The summed E-state index contributed by atoms with van der Waals surface area (Å²) in [5, 5.41) is 2.84. The zero-order valence-electron chi connectivity index (χ0n) is 10.7. The summed E-state index contributed by atoms with van der Waals surface area (Å²) in [5.41, 5.74) is 3.04. The van der Waals surface area contributed by atoms with Crippen molar-refractivity contribution in [2.24, 2.45) is 0 Å². The summed E-state index contributed by atoms with van der Waals surface area (Å²) < 4.78 is 5.91. The van der Waals surface area contributed by atoms with E-state index in [-0.39, 0.29) is 5.91 Å². The van der Waals surface area contributed by atoms with Gasteiger partial charge >= 0.3 is 0 Å². The standard InChI is InChI=1S/C15H14BrNO2/c1-10-3-6-13(11(2)9-10)17-15(18)8-5-12-4-7-14(16)19-12/h3-9H,1-2H3,(H,17,18). The number of carbonyl (C=O) groups excluding carboxylic acids is 1. The first kappa shape index (κ1) is 13.6. The quantitative estimate of drug-likeness (QED) is 0.856. The van der Waals surface area contributed by atoms with Crippen LogP contribution in [-0.2, 0) is 4.79 Å². The molecule has 0 fully saturated rings. The number of furan rings is 1. The first-order valence-electron chi connectivity index (χ1n) is 5.86. The molecule has 0 aliphatic carbocycles. The summed E-state index contributed by atoms with van der Waals surface area (Å²) in [7, 11) is 0. The van der Waals surface area contributed by atoms with E-state index in [1.54, 1.807) is 18.2 Å². The highest BCUT2D eigenvalue weighted by atomic mass is 79.9. The maximum absolute atomic E-state index is 11.8. The van der Waals surface area contributed by atoms with Crippen molar-refractivity contribution >= 4 is 33.6 Å². The molecule has 0 unspecified atom stereocenters. The SMILES string of the molecule is Cc1ccc(NC(=O)C=Cc2ccc(Br)o2)c(C)c1. The first-order chi connectivity index (χ1) is 9.04. The summed E-state index contributed by atoms with van der Waals surface area (Å²) in [6, 6.07) is 9.46. The predicted octanol–water partition coefficient (Wildman–Crippen LogP) is 4.31. The van der Waals surface area contributed by atoms with Crippen LogP contribution in [0, 0.1) is 13.8 Å². The highest BCUT2D eigenvalue weighted by Gasteiger charge is 2.02. The second kappa shape index (κ2) is 5.89. The topological polar surface area (TPSA) is 42.2 Å². The molecule has 4 heteroatoms. The predicted molar refractivity (Wildman–Crippen MR) is 80.0 cm³/mol. The second-order valence-electron chi connectivity index (χ2n) is 4.28. The third-order valence-electron chi connectivity index (χ3n) is 2.63. The Kier molecular flexibility index (Phi) is 4.22. The van der Waals surface area contributed by atoms with Crippen molar-refractivity contribution in [2.45, 2.75) is 13.8 Å². The van der Waals surface area contributed by atoms with Gasteiger partial charge in [-0.2, -0.15) is 0 Å². The molecule has 1 aromatic carbocycles. The van der Waals surface area contributed by atoms with Gasteiger partial charge in [0.1, 0.15) is 5.76 Å². The van der Waals surface area contributed by atoms with Gasteiger partial charge in [-0.05, 0) is 59.6 Å². The van der Waals surface area contributed by atoms with Gasteiger partial charge < -0.3 is 9.73 Å². The van der Waals surface area contributed by atoms with Crippen molar-refractivity contribution in [3.05, 3.63) is 58.0 Å². The summed E-state index contributed by atoms with van der Waals surface area (Å²) in [5.74, 6) is 0.446. The van der Waals surface area contributed by atoms with Crippen LogP contribution in [0.15, 0.2) is 45.5 Å². The lowest BCUT2D eigenvalue weighted by atomic mass is 10.1. The van der Waals surface area contributed by atoms with Crippen LogP contribution in [0.1, 0.15) is 16.9 Å². The van der Waals surface area contributed by atoms with Crippen LogP contribution in [0.3, 0.4) is 0 Å². The Hall–Kier alpha value is -1.81. The van der Waals surface area contributed by atoms with Gasteiger partial charge in [-0.1, -0.05) is 17.7 Å². The molecule has 0 radical (unpaired) electrons.